The third-order valence-electron chi connectivity index (χ3n) is 6.96. The number of nitrogens with zero attached hydrogens (tertiary/aromatic N) is 2. The molecule has 0 atom stereocenters. The van der Waals surface area contributed by atoms with Crippen molar-refractivity contribution in [2.24, 2.45) is 11.7 Å². The third-order valence-corrected chi connectivity index (χ3v) is 6.96. The average molecular weight is 572 g/mol. The topological polar surface area (TPSA) is 110 Å². The maximum atomic E-state index is 11.0. The smallest absolute Gasteiger partial charge is 0.231 e. The lowest BCUT2D eigenvalue weighted by atomic mass is 9.93. The van der Waals surface area contributed by atoms with Crippen LogP contribution in [0, 0.1) is 18.3 Å². The number of piperidine rings is 1. The van der Waals surface area contributed by atoms with Gasteiger partial charge in [-0.15, -0.1) is 6.42 Å². The molecule has 1 saturated heterocycles. The zero-order valence-electron chi connectivity index (χ0n) is 25.4. The number of likely N-dealkylation sites (tertiary alicyclic amines) is 1. The average Bonchev–Trinajstić information content (AvgIpc) is 3.03. The summed E-state index contributed by atoms with van der Waals surface area (Å²) in [5.74, 6) is 3.86. The van der Waals surface area contributed by atoms with E-state index in [2.05, 4.69) is 33.0 Å². The van der Waals surface area contributed by atoms with Crippen molar-refractivity contribution < 1.29 is 14.3 Å². The first-order valence-electron chi connectivity index (χ1n) is 14.4. The molecule has 0 spiro atoms. The van der Waals surface area contributed by atoms with Crippen molar-refractivity contribution in [3.8, 4) is 29.4 Å². The van der Waals surface area contributed by atoms with E-state index < -0.39 is 0 Å². The van der Waals surface area contributed by atoms with Gasteiger partial charge in [-0.1, -0.05) is 50.6 Å². The first-order chi connectivity index (χ1) is 20.4. The number of primary amides is 1. The number of hydrogen-bond acceptors (Lipinski definition) is 7. The number of aromatic nitrogens is 1. The Bertz CT molecular complexity index is 1360. The number of terminal acetylenes is 1. The number of aldehydes is 1. The van der Waals surface area contributed by atoms with Crippen molar-refractivity contribution in [2.75, 3.05) is 52.2 Å². The summed E-state index contributed by atoms with van der Waals surface area (Å²) in [5, 5.41) is 8.51. The molecule has 0 unspecified atom stereocenters. The molecule has 0 radical (unpaired) electrons. The van der Waals surface area contributed by atoms with Gasteiger partial charge in [0.05, 0.1) is 25.0 Å². The van der Waals surface area contributed by atoms with Gasteiger partial charge in [-0.2, -0.15) is 0 Å². The first kappa shape index (κ1) is 34.0. The van der Waals surface area contributed by atoms with Gasteiger partial charge in [0.15, 0.2) is 6.29 Å². The molecule has 1 aromatic heterocycles. The molecule has 0 bridgehead atoms. The Balaban J connectivity index is 0.000000326. The van der Waals surface area contributed by atoms with Crippen LogP contribution < -0.4 is 21.1 Å². The van der Waals surface area contributed by atoms with Gasteiger partial charge in [-0.05, 0) is 81.5 Å². The Labute approximate surface area is 250 Å². The van der Waals surface area contributed by atoms with Gasteiger partial charge in [0, 0.05) is 23.1 Å². The summed E-state index contributed by atoms with van der Waals surface area (Å²) < 4.78 is 5.50. The predicted molar refractivity (Wildman–Crippen MR) is 174 cm³/mol. The Kier molecular flexibility index (Phi) is 14.8. The molecular weight excluding hydrogens is 526 g/mol. The number of ether oxygens (including phenoxy) is 1. The normalized spacial score (nSPS) is 13.0. The number of fused-ring (bicyclic) bond motifs is 1. The van der Waals surface area contributed by atoms with Crippen LogP contribution in [-0.4, -0.2) is 69.0 Å². The van der Waals surface area contributed by atoms with Crippen LogP contribution in [0.5, 0.6) is 5.75 Å². The zero-order valence-corrected chi connectivity index (χ0v) is 25.4. The van der Waals surface area contributed by atoms with Crippen molar-refractivity contribution in [1.29, 1.82) is 0 Å². The summed E-state index contributed by atoms with van der Waals surface area (Å²) >= 11 is 0. The molecule has 1 fully saturated rings. The van der Waals surface area contributed by atoms with E-state index in [0.29, 0.717) is 30.1 Å². The molecular formula is C34H45N5O3. The molecule has 4 rings (SSSR count). The summed E-state index contributed by atoms with van der Waals surface area (Å²) in [6.45, 7) is 11.9. The number of anilines is 1. The van der Waals surface area contributed by atoms with Gasteiger partial charge in [0.25, 0.3) is 0 Å². The van der Waals surface area contributed by atoms with Crippen molar-refractivity contribution in [1.82, 2.24) is 15.2 Å². The minimum Gasteiger partial charge on any atom is -0.495 e. The summed E-state index contributed by atoms with van der Waals surface area (Å²) in [5.41, 5.74) is 8.69. The van der Waals surface area contributed by atoms with Crippen molar-refractivity contribution >= 4 is 28.7 Å². The highest BCUT2D eigenvalue weighted by molar-refractivity contribution is 5.99. The molecule has 224 valence electrons. The van der Waals surface area contributed by atoms with E-state index in [1.54, 1.807) is 13.2 Å². The van der Waals surface area contributed by atoms with E-state index in [-0.39, 0.29) is 5.91 Å². The molecule has 3 aromatic rings. The van der Waals surface area contributed by atoms with Gasteiger partial charge in [0.2, 0.25) is 5.91 Å². The first-order valence-corrected chi connectivity index (χ1v) is 14.4. The summed E-state index contributed by atoms with van der Waals surface area (Å²) in [6, 6.07) is 15.3. The van der Waals surface area contributed by atoms with Crippen molar-refractivity contribution in [3.05, 3.63) is 66.4 Å². The van der Waals surface area contributed by atoms with Crippen LogP contribution in [0.3, 0.4) is 0 Å². The molecule has 2 heterocycles. The lowest BCUT2D eigenvalue weighted by molar-refractivity contribution is -0.119. The largest absolute Gasteiger partial charge is 0.495 e. The number of hydrogen-bond donors (Lipinski definition) is 3. The molecule has 8 heteroatoms. The minimum atomic E-state index is -0.210. The highest BCUT2D eigenvalue weighted by Gasteiger charge is 2.19. The van der Waals surface area contributed by atoms with Gasteiger partial charge >= 0.3 is 0 Å². The van der Waals surface area contributed by atoms with E-state index in [9.17, 15) is 9.59 Å². The Morgan fingerprint density at radius 1 is 1.21 bits per heavy atom. The Morgan fingerprint density at radius 3 is 2.55 bits per heavy atom. The van der Waals surface area contributed by atoms with Crippen molar-refractivity contribution in [3.63, 3.8) is 0 Å². The monoisotopic (exact) mass is 571 g/mol. The quantitative estimate of drug-likeness (QED) is 0.216. The standard InChI is InChI=1S/C22H18N2O2.C10H21N3O.C2H6/c1-4-15(2)13-23-22-19-12-17(20-7-5-6-18(14-25)24-20)9-8-16(19)10-11-21(22)26-3;1-12-5-2-9-3-6-13(7-4-9)8-10(11)14;1-2/h1,5-12,14,23H,2,13H2,3H3;9,12H,2-8H2,1H3,(H2,11,14);1-2H3. The Morgan fingerprint density at radius 2 is 1.93 bits per heavy atom. The second-order valence-electron chi connectivity index (χ2n) is 9.82. The number of nitrogens with one attached hydrogen (secondary N) is 2. The Hall–Kier alpha value is -4.19. The van der Waals surface area contributed by atoms with Crippen LogP contribution in [0.2, 0.25) is 0 Å². The van der Waals surface area contributed by atoms with Crippen LogP contribution in [-0.2, 0) is 4.79 Å². The second kappa shape index (κ2) is 18.3. The SMILES string of the molecule is C#CC(=C)CNc1c(OC)ccc2ccc(-c3cccc(C=O)n3)cc12.CC.CNCCC1CCN(CC(N)=O)CC1. The number of rotatable bonds is 11. The van der Waals surface area contributed by atoms with E-state index in [1.165, 1.54) is 19.3 Å². The fourth-order valence-electron chi connectivity index (χ4n) is 4.74. The van der Waals surface area contributed by atoms with Crippen molar-refractivity contribution in [2.45, 2.75) is 33.1 Å². The molecule has 4 N–H and O–H groups in total. The minimum absolute atomic E-state index is 0.210. The molecule has 8 nitrogen and oxygen atoms in total. The maximum Gasteiger partial charge on any atom is 0.231 e. The fraction of sp³-hybridized carbons (Fsp3) is 0.382. The van der Waals surface area contributed by atoms with Gasteiger partial charge in [-0.25, -0.2) is 4.98 Å². The number of benzene rings is 2. The fourth-order valence-corrected chi connectivity index (χ4v) is 4.74. The number of amides is 1. The van der Waals surface area contributed by atoms with Crippen LogP contribution in [0.25, 0.3) is 22.0 Å². The summed E-state index contributed by atoms with van der Waals surface area (Å²) in [6.07, 6.45) is 9.79. The number of carbonyl (C=O) groups excluding carboxylic acids is 2. The predicted octanol–water partition coefficient (Wildman–Crippen LogP) is 5.14. The van der Waals surface area contributed by atoms with Crippen LogP contribution in [0.1, 0.15) is 43.6 Å². The van der Waals surface area contributed by atoms with Gasteiger partial charge < -0.3 is 21.1 Å². The molecule has 1 aliphatic rings. The van der Waals surface area contributed by atoms with Crippen LogP contribution >= 0.6 is 0 Å². The number of carbonyl (C=O) groups is 2. The van der Waals surface area contributed by atoms with Gasteiger partial charge in [0.1, 0.15) is 11.4 Å². The third kappa shape index (κ3) is 10.3. The lowest BCUT2D eigenvalue weighted by Gasteiger charge is -2.30. The molecule has 1 amide bonds. The lowest BCUT2D eigenvalue weighted by Crippen LogP contribution is -2.39. The van der Waals surface area contributed by atoms with E-state index in [4.69, 9.17) is 16.9 Å². The molecule has 42 heavy (non-hydrogen) atoms. The second-order valence-corrected chi connectivity index (χ2v) is 9.82. The summed E-state index contributed by atoms with van der Waals surface area (Å²) in [7, 11) is 3.61. The number of pyridine rings is 1. The molecule has 1 aliphatic heterocycles. The number of nitrogens with two attached hydrogens (primary N) is 1. The molecule has 0 aliphatic carbocycles. The van der Waals surface area contributed by atoms with Crippen LogP contribution in [0.4, 0.5) is 5.69 Å². The molecule has 0 saturated carbocycles. The highest BCUT2D eigenvalue weighted by atomic mass is 16.5. The zero-order chi connectivity index (χ0) is 30.9. The number of methoxy groups -OCH3 is 1. The van der Waals surface area contributed by atoms with Gasteiger partial charge in [-0.3, -0.25) is 14.5 Å². The molecule has 2 aromatic carbocycles. The highest BCUT2D eigenvalue weighted by Crippen LogP contribution is 2.35. The van der Waals surface area contributed by atoms with E-state index >= 15 is 0 Å². The van der Waals surface area contributed by atoms with E-state index in [1.807, 2.05) is 63.4 Å². The maximum absolute atomic E-state index is 11.0. The summed E-state index contributed by atoms with van der Waals surface area (Å²) in [4.78, 5) is 28.2. The van der Waals surface area contributed by atoms with Crippen LogP contribution in [0.15, 0.2) is 60.7 Å². The van der Waals surface area contributed by atoms with E-state index in [0.717, 1.165) is 59.6 Å².